The monoisotopic (exact) mass is 238 g/mol. The summed E-state index contributed by atoms with van der Waals surface area (Å²) < 4.78 is 9.53. The van der Waals surface area contributed by atoms with Crippen LogP contribution in [-0.4, -0.2) is 26.2 Å². The van der Waals surface area contributed by atoms with E-state index >= 15 is 0 Å². The molecule has 1 fully saturated rings. The Bertz CT molecular complexity index is 338. The van der Waals surface area contributed by atoms with Gasteiger partial charge in [-0.25, -0.2) is 0 Å². The molecule has 0 aromatic carbocycles. The first kappa shape index (κ1) is 13.5. The first-order valence-corrected chi connectivity index (χ1v) is 5.60. The van der Waals surface area contributed by atoms with E-state index in [2.05, 4.69) is 6.58 Å². The van der Waals surface area contributed by atoms with Crippen LogP contribution in [0.15, 0.2) is 24.3 Å². The average Bonchev–Trinajstić information content (AvgIpc) is 2.78. The molecule has 17 heavy (non-hydrogen) atoms. The second-order valence-corrected chi connectivity index (χ2v) is 4.00. The molecule has 4 nitrogen and oxygen atoms in total. The predicted octanol–water partition coefficient (Wildman–Crippen LogP) is 2.01. The third kappa shape index (κ3) is 2.25. The van der Waals surface area contributed by atoms with E-state index in [1.807, 2.05) is 6.08 Å². The van der Waals surface area contributed by atoms with Gasteiger partial charge in [0.05, 0.1) is 14.2 Å². The summed E-state index contributed by atoms with van der Waals surface area (Å²) in [5.74, 6) is -1.06. The van der Waals surface area contributed by atoms with Crippen molar-refractivity contribution in [3.63, 3.8) is 0 Å². The van der Waals surface area contributed by atoms with Gasteiger partial charge < -0.3 is 9.47 Å². The minimum Gasteiger partial charge on any atom is -0.468 e. The number of rotatable bonds is 4. The zero-order valence-corrected chi connectivity index (χ0v) is 10.3. The second kappa shape index (κ2) is 5.66. The maximum atomic E-state index is 11.9. The highest BCUT2D eigenvalue weighted by Crippen LogP contribution is 2.45. The van der Waals surface area contributed by atoms with Gasteiger partial charge in [0.2, 0.25) is 0 Å². The third-order valence-corrected chi connectivity index (χ3v) is 3.14. The highest BCUT2D eigenvalue weighted by atomic mass is 16.5. The van der Waals surface area contributed by atoms with Crippen LogP contribution in [0.5, 0.6) is 0 Å². The number of allylic oxidation sites excluding steroid dienone is 2. The Morgan fingerprint density at radius 3 is 2.41 bits per heavy atom. The van der Waals surface area contributed by atoms with Gasteiger partial charge in [-0.2, -0.15) is 0 Å². The topological polar surface area (TPSA) is 52.6 Å². The highest BCUT2D eigenvalue weighted by molar-refractivity contribution is 6.04. The van der Waals surface area contributed by atoms with Crippen molar-refractivity contribution in [3.05, 3.63) is 24.3 Å². The molecule has 0 saturated heterocycles. The van der Waals surface area contributed by atoms with E-state index in [9.17, 15) is 9.59 Å². The van der Waals surface area contributed by atoms with Gasteiger partial charge in [0, 0.05) is 0 Å². The van der Waals surface area contributed by atoms with Crippen molar-refractivity contribution in [2.45, 2.75) is 25.7 Å². The summed E-state index contributed by atoms with van der Waals surface area (Å²) >= 11 is 0. The van der Waals surface area contributed by atoms with E-state index in [0.717, 1.165) is 18.4 Å². The normalized spacial score (nSPS) is 20.0. The van der Waals surface area contributed by atoms with Gasteiger partial charge in [-0.3, -0.25) is 9.59 Å². The fourth-order valence-electron chi connectivity index (χ4n) is 2.32. The number of methoxy groups -OCH3 is 2. The Hall–Kier alpha value is -1.58. The van der Waals surface area contributed by atoms with Crippen LogP contribution in [0.4, 0.5) is 0 Å². The SMILES string of the molecule is C=CC/C=C1\CCCC1(C(=O)OC)C(=O)OC. The lowest BCUT2D eigenvalue weighted by Gasteiger charge is -2.24. The number of carbonyl (C=O) groups is 2. The number of carbonyl (C=O) groups excluding carboxylic acids is 2. The molecule has 1 rings (SSSR count). The summed E-state index contributed by atoms with van der Waals surface area (Å²) in [6, 6.07) is 0. The zero-order chi connectivity index (χ0) is 12.9. The summed E-state index contributed by atoms with van der Waals surface area (Å²) in [6.45, 7) is 3.62. The van der Waals surface area contributed by atoms with Gasteiger partial charge in [0.25, 0.3) is 0 Å². The molecular weight excluding hydrogens is 220 g/mol. The van der Waals surface area contributed by atoms with Crippen molar-refractivity contribution in [3.8, 4) is 0 Å². The van der Waals surface area contributed by atoms with Crippen molar-refractivity contribution in [1.29, 1.82) is 0 Å². The van der Waals surface area contributed by atoms with Crippen LogP contribution in [0.3, 0.4) is 0 Å². The van der Waals surface area contributed by atoms with Gasteiger partial charge >= 0.3 is 11.9 Å². The van der Waals surface area contributed by atoms with Crippen LogP contribution in [0.25, 0.3) is 0 Å². The fourth-order valence-corrected chi connectivity index (χ4v) is 2.32. The summed E-state index contributed by atoms with van der Waals surface area (Å²) in [6.07, 6.45) is 6.18. The first-order chi connectivity index (χ1) is 8.13. The molecule has 0 heterocycles. The Morgan fingerprint density at radius 2 is 1.94 bits per heavy atom. The smallest absolute Gasteiger partial charge is 0.327 e. The number of hydrogen-bond acceptors (Lipinski definition) is 4. The largest absolute Gasteiger partial charge is 0.468 e. The standard InChI is InChI=1S/C13H18O4/c1-4-5-7-10-8-6-9-13(10,11(14)16-2)12(15)17-3/h4,7H,1,5-6,8-9H2,2-3H3/b10-7+. The number of hydrogen-bond donors (Lipinski definition) is 0. The fraction of sp³-hybridized carbons (Fsp3) is 0.538. The second-order valence-electron chi connectivity index (χ2n) is 4.00. The molecule has 0 amide bonds. The molecule has 0 unspecified atom stereocenters. The Balaban J connectivity index is 3.16. The molecule has 0 spiro atoms. The molecule has 94 valence electrons. The molecule has 1 saturated carbocycles. The van der Waals surface area contributed by atoms with Crippen molar-refractivity contribution in [2.24, 2.45) is 5.41 Å². The molecule has 0 atom stereocenters. The average molecular weight is 238 g/mol. The summed E-state index contributed by atoms with van der Waals surface area (Å²) in [5.41, 5.74) is -0.442. The van der Waals surface area contributed by atoms with Gasteiger partial charge in [-0.05, 0) is 31.3 Å². The summed E-state index contributed by atoms with van der Waals surface area (Å²) in [5, 5.41) is 0. The van der Waals surface area contributed by atoms with E-state index in [0.29, 0.717) is 12.8 Å². The molecular formula is C13H18O4. The molecule has 0 aromatic rings. The molecule has 1 aliphatic rings. The van der Waals surface area contributed by atoms with Crippen LogP contribution in [0.2, 0.25) is 0 Å². The zero-order valence-electron chi connectivity index (χ0n) is 10.3. The van der Waals surface area contributed by atoms with Crippen LogP contribution < -0.4 is 0 Å². The Labute approximate surface area is 101 Å². The van der Waals surface area contributed by atoms with Gasteiger partial charge in [-0.15, -0.1) is 6.58 Å². The molecule has 0 N–H and O–H groups in total. The maximum absolute atomic E-state index is 11.9. The van der Waals surface area contributed by atoms with Crippen LogP contribution in [-0.2, 0) is 19.1 Å². The lowest BCUT2D eigenvalue weighted by molar-refractivity contribution is -0.165. The van der Waals surface area contributed by atoms with E-state index in [1.54, 1.807) is 6.08 Å². The van der Waals surface area contributed by atoms with Gasteiger partial charge in [0.1, 0.15) is 0 Å². The van der Waals surface area contributed by atoms with Gasteiger partial charge in [0.15, 0.2) is 5.41 Å². The van der Waals surface area contributed by atoms with Gasteiger partial charge in [-0.1, -0.05) is 12.2 Å². The van der Waals surface area contributed by atoms with Crippen molar-refractivity contribution in [1.82, 2.24) is 0 Å². The highest BCUT2D eigenvalue weighted by Gasteiger charge is 2.53. The van der Waals surface area contributed by atoms with E-state index < -0.39 is 17.4 Å². The minimum absolute atomic E-state index is 0.454. The Kier molecular flexibility index (Phi) is 4.49. The van der Waals surface area contributed by atoms with Crippen LogP contribution >= 0.6 is 0 Å². The predicted molar refractivity (Wildman–Crippen MR) is 63.2 cm³/mol. The summed E-state index contributed by atoms with van der Waals surface area (Å²) in [4.78, 5) is 23.8. The molecule has 1 aliphatic carbocycles. The third-order valence-electron chi connectivity index (χ3n) is 3.14. The van der Waals surface area contributed by atoms with E-state index in [-0.39, 0.29) is 0 Å². The van der Waals surface area contributed by atoms with Crippen molar-refractivity contribution >= 4 is 11.9 Å². The minimum atomic E-state index is -1.23. The lowest BCUT2D eigenvalue weighted by Crippen LogP contribution is -2.40. The van der Waals surface area contributed by atoms with Crippen LogP contribution in [0.1, 0.15) is 25.7 Å². The maximum Gasteiger partial charge on any atom is 0.327 e. The van der Waals surface area contributed by atoms with E-state index in [4.69, 9.17) is 9.47 Å². The molecule has 4 heteroatoms. The first-order valence-electron chi connectivity index (χ1n) is 5.60. The van der Waals surface area contributed by atoms with Crippen molar-refractivity contribution in [2.75, 3.05) is 14.2 Å². The quantitative estimate of drug-likeness (QED) is 0.427. The Morgan fingerprint density at radius 1 is 1.35 bits per heavy atom. The van der Waals surface area contributed by atoms with E-state index in [1.165, 1.54) is 14.2 Å². The van der Waals surface area contributed by atoms with Crippen LogP contribution in [0, 0.1) is 5.41 Å². The molecule has 0 aliphatic heterocycles. The lowest BCUT2D eigenvalue weighted by atomic mass is 9.81. The molecule has 0 bridgehead atoms. The number of ether oxygens (including phenoxy) is 2. The summed E-state index contributed by atoms with van der Waals surface area (Å²) in [7, 11) is 2.58. The number of esters is 2. The molecule has 0 radical (unpaired) electrons. The van der Waals surface area contributed by atoms with Crippen molar-refractivity contribution < 1.29 is 19.1 Å². The molecule has 0 aromatic heterocycles.